The second-order valence-corrected chi connectivity index (χ2v) is 5.79. The molecule has 0 atom stereocenters. The van der Waals surface area contributed by atoms with Crippen molar-refractivity contribution >= 4 is 17.6 Å². The van der Waals surface area contributed by atoms with Gasteiger partial charge >= 0.3 is 0 Å². The van der Waals surface area contributed by atoms with Gasteiger partial charge in [-0.15, -0.1) is 0 Å². The number of nitrogens with zero attached hydrogens (tertiary/aromatic N) is 2. The Labute approximate surface area is 102 Å². The maximum Gasteiger partial charge on any atom is 0.127 e. The highest BCUT2D eigenvalue weighted by atomic mass is 32.2. The van der Waals surface area contributed by atoms with Crippen molar-refractivity contribution in [3.63, 3.8) is 0 Å². The Hall–Kier alpha value is -0.640. The van der Waals surface area contributed by atoms with Crippen LogP contribution < -0.4 is 5.73 Å². The lowest BCUT2D eigenvalue weighted by atomic mass is 10.2. The summed E-state index contributed by atoms with van der Waals surface area (Å²) in [5.74, 6) is 3.66. The van der Waals surface area contributed by atoms with E-state index in [0.29, 0.717) is 12.0 Å². The number of hydrogen-bond acceptors (Lipinski definition) is 3. The zero-order chi connectivity index (χ0) is 11.7. The van der Waals surface area contributed by atoms with Crippen LogP contribution in [0.5, 0.6) is 0 Å². The molecule has 1 aliphatic rings. The van der Waals surface area contributed by atoms with Gasteiger partial charge in [0.25, 0.3) is 0 Å². The van der Waals surface area contributed by atoms with Gasteiger partial charge in [0.15, 0.2) is 0 Å². The van der Waals surface area contributed by atoms with Gasteiger partial charge in [-0.1, -0.05) is 13.8 Å². The van der Waals surface area contributed by atoms with Crippen molar-refractivity contribution in [2.75, 3.05) is 17.7 Å². The van der Waals surface area contributed by atoms with E-state index in [9.17, 15) is 0 Å². The number of thioether (sulfide) groups is 1. The molecule has 2 rings (SSSR count). The van der Waals surface area contributed by atoms with Crippen LogP contribution in [0.1, 0.15) is 50.2 Å². The summed E-state index contributed by atoms with van der Waals surface area (Å²) in [6, 6.07) is 0.632. The Balaban J connectivity index is 2.29. The Kier molecular flexibility index (Phi) is 3.47. The number of imidazole rings is 1. The smallest absolute Gasteiger partial charge is 0.127 e. The molecule has 16 heavy (non-hydrogen) atoms. The summed E-state index contributed by atoms with van der Waals surface area (Å²) in [4.78, 5) is 4.73. The number of nitrogen functional groups attached to an aromatic ring is 1. The molecule has 0 amide bonds. The average molecular weight is 239 g/mol. The van der Waals surface area contributed by atoms with E-state index >= 15 is 0 Å². The number of nitrogens with two attached hydrogens (primary N) is 1. The summed E-state index contributed by atoms with van der Waals surface area (Å²) >= 11 is 1.85. The summed E-state index contributed by atoms with van der Waals surface area (Å²) in [5.41, 5.74) is 7.32. The van der Waals surface area contributed by atoms with Crippen molar-refractivity contribution in [2.45, 2.75) is 45.1 Å². The van der Waals surface area contributed by atoms with Gasteiger partial charge < -0.3 is 10.3 Å². The van der Waals surface area contributed by atoms with Crippen molar-refractivity contribution in [1.82, 2.24) is 9.55 Å². The molecular formula is C12H21N3S. The van der Waals surface area contributed by atoms with Gasteiger partial charge in [-0.3, -0.25) is 0 Å². The molecule has 0 bridgehead atoms. The molecule has 0 radical (unpaired) electrons. The van der Waals surface area contributed by atoms with Crippen molar-refractivity contribution in [2.24, 2.45) is 0 Å². The van der Waals surface area contributed by atoms with Crippen molar-refractivity contribution in [3.8, 4) is 0 Å². The third-order valence-electron chi connectivity index (χ3n) is 3.02. The van der Waals surface area contributed by atoms with Crippen LogP contribution in [0.2, 0.25) is 0 Å². The van der Waals surface area contributed by atoms with E-state index in [0.717, 1.165) is 23.7 Å². The number of aromatic nitrogens is 2. The molecule has 0 unspecified atom stereocenters. The highest BCUT2D eigenvalue weighted by molar-refractivity contribution is 7.98. The summed E-state index contributed by atoms with van der Waals surface area (Å²) in [7, 11) is 0. The van der Waals surface area contributed by atoms with Crippen LogP contribution in [0.3, 0.4) is 0 Å². The second kappa shape index (κ2) is 4.70. The van der Waals surface area contributed by atoms with E-state index < -0.39 is 0 Å². The Bertz CT molecular complexity index is 367. The molecule has 0 spiro atoms. The van der Waals surface area contributed by atoms with Gasteiger partial charge in [0.1, 0.15) is 11.6 Å². The lowest BCUT2D eigenvalue weighted by Gasteiger charge is -2.10. The fraction of sp³-hybridized carbons (Fsp3) is 0.750. The molecule has 90 valence electrons. The van der Waals surface area contributed by atoms with E-state index in [-0.39, 0.29) is 0 Å². The van der Waals surface area contributed by atoms with E-state index in [1.165, 1.54) is 18.7 Å². The minimum atomic E-state index is 0.464. The average Bonchev–Trinajstić information content (AvgIpc) is 3.01. The van der Waals surface area contributed by atoms with Gasteiger partial charge in [-0.05, 0) is 24.9 Å². The van der Waals surface area contributed by atoms with E-state index in [1.54, 1.807) is 0 Å². The van der Waals surface area contributed by atoms with Crippen LogP contribution in [0.4, 0.5) is 5.82 Å². The van der Waals surface area contributed by atoms with Crippen LogP contribution in [0.15, 0.2) is 0 Å². The fourth-order valence-corrected chi connectivity index (χ4v) is 2.42. The standard InChI is InChI=1S/C12H21N3S/c1-8(2)12-14-10(6-7-16-3)11(13)15(12)9-4-5-9/h8-9H,4-7,13H2,1-3H3. The normalized spacial score (nSPS) is 16.0. The summed E-state index contributed by atoms with van der Waals surface area (Å²) < 4.78 is 2.28. The molecule has 2 N–H and O–H groups in total. The number of hydrogen-bond donors (Lipinski definition) is 1. The van der Waals surface area contributed by atoms with Gasteiger partial charge in [0, 0.05) is 18.4 Å². The molecule has 0 aliphatic heterocycles. The maximum atomic E-state index is 6.21. The first kappa shape index (κ1) is 11.8. The molecule has 1 aliphatic carbocycles. The van der Waals surface area contributed by atoms with Crippen molar-refractivity contribution in [1.29, 1.82) is 0 Å². The molecule has 1 fully saturated rings. The Morgan fingerprint density at radius 2 is 2.19 bits per heavy atom. The molecule has 4 heteroatoms. The third kappa shape index (κ3) is 2.21. The van der Waals surface area contributed by atoms with Crippen LogP contribution in [-0.2, 0) is 6.42 Å². The number of aryl methyl sites for hydroxylation is 1. The molecule has 0 saturated heterocycles. The molecule has 1 aromatic heterocycles. The van der Waals surface area contributed by atoms with Gasteiger partial charge in [-0.2, -0.15) is 11.8 Å². The van der Waals surface area contributed by atoms with Crippen molar-refractivity contribution in [3.05, 3.63) is 11.5 Å². The van der Waals surface area contributed by atoms with Crippen LogP contribution >= 0.6 is 11.8 Å². The fourth-order valence-electron chi connectivity index (χ4n) is 2.02. The molecule has 1 saturated carbocycles. The minimum absolute atomic E-state index is 0.464. The lowest BCUT2D eigenvalue weighted by Crippen LogP contribution is -2.06. The largest absolute Gasteiger partial charge is 0.384 e. The predicted molar refractivity (Wildman–Crippen MR) is 71.1 cm³/mol. The zero-order valence-electron chi connectivity index (χ0n) is 10.4. The monoisotopic (exact) mass is 239 g/mol. The predicted octanol–water partition coefficient (Wildman–Crippen LogP) is 2.83. The van der Waals surface area contributed by atoms with E-state index in [4.69, 9.17) is 10.7 Å². The summed E-state index contributed by atoms with van der Waals surface area (Å²) in [6.45, 7) is 4.39. The first-order valence-electron chi connectivity index (χ1n) is 6.00. The number of rotatable bonds is 5. The zero-order valence-corrected chi connectivity index (χ0v) is 11.2. The lowest BCUT2D eigenvalue weighted by molar-refractivity contribution is 0.646. The minimum Gasteiger partial charge on any atom is -0.384 e. The third-order valence-corrected chi connectivity index (χ3v) is 3.64. The maximum absolute atomic E-state index is 6.21. The first-order valence-corrected chi connectivity index (χ1v) is 7.40. The molecular weight excluding hydrogens is 218 g/mol. The van der Waals surface area contributed by atoms with Gasteiger partial charge in [0.2, 0.25) is 0 Å². The highest BCUT2D eigenvalue weighted by Gasteiger charge is 2.30. The number of anilines is 1. The Morgan fingerprint density at radius 3 is 2.69 bits per heavy atom. The summed E-state index contributed by atoms with van der Waals surface area (Å²) in [5, 5.41) is 0. The van der Waals surface area contributed by atoms with E-state index in [2.05, 4.69) is 24.7 Å². The Morgan fingerprint density at radius 1 is 1.50 bits per heavy atom. The second-order valence-electron chi connectivity index (χ2n) is 4.80. The topological polar surface area (TPSA) is 43.8 Å². The van der Waals surface area contributed by atoms with Crippen LogP contribution in [0.25, 0.3) is 0 Å². The van der Waals surface area contributed by atoms with Crippen LogP contribution in [-0.4, -0.2) is 21.6 Å². The summed E-state index contributed by atoms with van der Waals surface area (Å²) in [6.07, 6.45) is 5.65. The first-order chi connectivity index (χ1) is 7.65. The van der Waals surface area contributed by atoms with Gasteiger partial charge in [0.05, 0.1) is 5.69 Å². The molecule has 1 aromatic rings. The quantitative estimate of drug-likeness (QED) is 0.859. The highest BCUT2D eigenvalue weighted by Crippen LogP contribution is 2.40. The SMILES string of the molecule is CSCCc1nc(C(C)C)n(C2CC2)c1N. The van der Waals surface area contributed by atoms with E-state index in [1.807, 2.05) is 11.8 Å². The molecule has 1 heterocycles. The molecule has 3 nitrogen and oxygen atoms in total. The van der Waals surface area contributed by atoms with Crippen molar-refractivity contribution < 1.29 is 0 Å². The van der Waals surface area contributed by atoms with Gasteiger partial charge in [-0.25, -0.2) is 4.98 Å². The van der Waals surface area contributed by atoms with Crippen LogP contribution in [0, 0.1) is 0 Å². The molecule has 0 aromatic carbocycles.